The fourth-order valence-corrected chi connectivity index (χ4v) is 4.61. The number of urea groups is 1. The average molecular weight is 443 g/mol. The summed E-state index contributed by atoms with van der Waals surface area (Å²) >= 11 is 0. The van der Waals surface area contributed by atoms with Gasteiger partial charge in [0.2, 0.25) is 5.91 Å². The summed E-state index contributed by atoms with van der Waals surface area (Å²) in [5.74, 6) is -1.93. The van der Waals surface area contributed by atoms with E-state index < -0.39 is 50.8 Å². The molecule has 0 unspecified atom stereocenters. The number of aromatic nitrogens is 2. The van der Waals surface area contributed by atoms with E-state index in [1.807, 2.05) is 6.07 Å². The zero-order valence-corrected chi connectivity index (χ0v) is 17.0. The lowest BCUT2D eigenvalue weighted by Crippen LogP contribution is -2.49. The van der Waals surface area contributed by atoms with Crippen molar-refractivity contribution in [3.8, 4) is 12.1 Å². The van der Waals surface area contributed by atoms with Gasteiger partial charge in [-0.15, -0.1) is 0 Å². The Bertz CT molecular complexity index is 1300. The molecule has 3 rings (SSSR count). The van der Waals surface area contributed by atoms with Gasteiger partial charge in [-0.05, 0) is 26.0 Å². The summed E-state index contributed by atoms with van der Waals surface area (Å²) in [5, 5.41) is 22.7. The highest BCUT2D eigenvalue weighted by atomic mass is 32.2. The van der Waals surface area contributed by atoms with E-state index in [9.17, 15) is 22.4 Å². The minimum absolute atomic E-state index is 0.0926. The number of amides is 3. The van der Waals surface area contributed by atoms with Crippen molar-refractivity contribution in [1.82, 2.24) is 19.6 Å². The molecule has 1 aromatic carbocycles. The number of benzene rings is 1. The van der Waals surface area contributed by atoms with Crippen LogP contribution in [0.5, 0.6) is 0 Å². The van der Waals surface area contributed by atoms with Crippen molar-refractivity contribution in [3.63, 3.8) is 0 Å². The molecule has 0 fully saturated rings. The summed E-state index contributed by atoms with van der Waals surface area (Å²) in [5.41, 5.74) is -0.193. The van der Waals surface area contributed by atoms with Crippen molar-refractivity contribution < 1.29 is 22.4 Å². The molecule has 0 radical (unpaired) electrons. The van der Waals surface area contributed by atoms with Crippen LogP contribution in [0.3, 0.4) is 0 Å². The first-order chi connectivity index (χ1) is 14.6. The summed E-state index contributed by atoms with van der Waals surface area (Å²) < 4.78 is 39.9. The molecule has 1 aliphatic heterocycles. The monoisotopic (exact) mass is 443 g/mol. The first kappa shape index (κ1) is 21.6. The van der Waals surface area contributed by atoms with Crippen LogP contribution in [0.1, 0.15) is 35.6 Å². The average Bonchev–Trinajstić information content (AvgIpc) is 2.71. The lowest BCUT2D eigenvalue weighted by molar-refractivity contribution is -0.121. The minimum atomic E-state index is -4.68. The van der Waals surface area contributed by atoms with Crippen molar-refractivity contribution in [2.24, 2.45) is 0 Å². The number of fused-ring (bicyclic) bond motifs is 1. The van der Waals surface area contributed by atoms with Gasteiger partial charge in [-0.1, -0.05) is 0 Å². The van der Waals surface area contributed by atoms with Crippen LogP contribution in [-0.4, -0.2) is 41.2 Å². The molecular formula is C18H14FN7O4S. The highest BCUT2D eigenvalue weighted by molar-refractivity contribution is 7.90. The number of aryl methyl sites for hydroxylation is 1. The van der Waals surface area contributed by atoms with Gasteiger partial charge in [-0.3, -0.25) is 9.78 Å². The Morgan fingerprint density at radius 2 is 2.06 bits per heavy atom. The predicted octanol–water partition coefficient (Wildman–Crippen LogP) is 1.08. The highest BCUT2D eigenvalue weighted by Crippen LogP contribution is 2.34. The van der Waals surface area contributed by atoms with Crippen LogP contribution in [0.4, 0.5) is 14.9 Å². The van der Waals surface area contributed by atoms with Crippen LogP contribution in [0, 0.1) is 35.4 Å². The van der Waals surface area contributed by atoms with Crippen LogP contribution in [-0.2, 0) is 14.8 Å². The molecule has 0 spiro atoms. The summed E-state index contributed by atoms with van der Waals surface area (Å²) in [6, 6.07) is 3.34. The SMILES string of the molecule is Cc1nc(C#N)cnc1[C@@H](C)NC(=O)CN1C(=O)Nc2ccc(F)c(C#N)c2S1(=O)=O. The largest absolute Gasteiger partial charge is 0.346 e. The Kier molecular flexibility index (Phi) is 5.55. The number of nitrogens with zero attached hydrogens (tertiary/aromatic N) is 5. The van der Waals surface area contributed by atoms with Crippen LogP contribution in [0.25, 0.3) is 0 Å². The molecule has 0 saturated carbocycles. The first-order valence-corrected chi connectivity index (χ1v) is 10.1. The third-order valence-electron chi connectivity index (χ3n) is 4.41. The number of nitriles is 2. The van der Waals surface area contributed by atoms with E-state index in [4.69, 9.17) is 10.5 Å². The Hall–Kier alpha value is -4.10. The Labute approximate surface area is 176 Å². The predicted molar refractivity (Wildman–Crippen MR) is 102 cm³/mol. The molecule has 0 aliphatic carbocycles. The van der Waals surface area contributed by atoms with Crippen molar-refractivity contribution in [3.05, 3.63) is 46.8 Å². The van der Waals surface area contributed by atoms with Crippen LogP contribution in [0.15, 0.2) is 23.2 Å². The van der Waals surface area contributed by atoms with E-state index in [1.54, 1.807) is 13.8 Å². The van der Waals surface area contributed by atoms with Crippen molar-refractivity contribution in [2.75, 3.05) is 11.9 Å². The second kappa shape index (κ2) is 7.97. The molecule has 0 saturated heterocycles. The van der Waals surface area contributed by atoms with E-state index in [0.717, 1.165) is 12.1 Å². The van der Waals surface area contributed by atoms with E-state index in [-0.39, 0.29) is 15.7 Å². The molecule has 11 nitrogen and oxygen atoms in total. The summed E-state index contributed by atoms with van der Waals surface area (Å²) in [4.78, 5) is 32.1. The molecule has 1 aromatic heterocycles. The number of hydrogen-bond acceptors (Lipinski definition) is 8. The quantitative estimate of drug-likeness (QED) is 0.707. The maximum absolute atomic E-state index is 13.9. The molecule has 2 aromatic rings. The number of anilines is 1. The molecule has 2 N–H and O–H groups in total. The third kappa shape index (κ3) is 3.86. The fraction of sp³-hybridized carbons (Fsp3) is 0.222. The number of halogens is 1. The molecule has 31 heavy (non-hydrogen) atoms. The summed E-state index contributed by atoms with van der Waals surface area (Å²) in [6.45, 7) is 2.23. The summed E-state index contributed by atoms with van der Waals surface area (Å²) in [6.07, 6.45) is 1.22. The summed E-state index contributed by atoms with van der Waals surface area (Å²) in [7, 11) is -4.68. The lowest BCUT2D eigenvalue weighted by Gasteiger charge is -2.29. The van der Waals surface area contributed by atoms with Crippen molar-refractivity contribution in [2.45, 2.75) is 24.8 Å². The maximum atomic E-state index is 13.9. The molecule has 1 atom stereocenters. The lowest BCUT2D eigenvalue weighted by atomic mass is 10.2. The normalized spacial score (nSPS) is 15.1. The van der Waals surface area contributed by atoms with Crippen molar-refractivity contribution in [1.29, 1.82) is 10.5 Å². The van der Waals surface area contributed by atoms with Crippen LogP contribution >= 0.6 is 0 Å². The van der Waals surface area contributed by atoms with Gasteiger partial charge in [-0.2, -0.15) is 10.5 Å². The van der Waals surface area contributed by atoms with Gasteiger partial charge in [0.1, 0.15) is 35.0 Å². The van der Waals surface area contributed by atoms with E-state index >= 15 is 0 Å². The second-order valence-corrected chi connectivity index (χ2v) is 8.28. The zero-order valence-electron chi connectivity index (χ0n) is 16.2. The first-order valence-electron chi connectivity index (χ1n) is 8.69. The molecule has 158 valence electrons. The molecular weight excluding hydrogens is 429 g/mol. The Morgan fingerprint density at radius 3 is 2.68 bits per heavy atom. The minimum Gasteiger partial charge on any atom is -0.346 e. The number of nitrogens with one attached hydrogen (secondary N) is 2. The number of carbonyl (C=O) groups excluding carboxylic acids is 2. The third-order valence-corrected chi connectivity index (χ3v) is 6.22. The van der Waals surface area contributed by atoms with E-state index in [2.05, 4.69) is 20.6 Å². The molecule has 2 heterocycles. The molecule has 0 bridgehead atoms. The van der Waals surface area contributed by atoms with Gasteiger partial charge < -0.3 is 10.6 Å². The van der Waals surface area contributed by atoms with Gasteiger partial charge in [0.15, 0.2) is 5.69 Å². The van der Waals surface area contributed by atoms with Crippen LogP contribution in [0.2, 0.25) is 0 Å². The zero-order chi connectivity index (χ0) is 22.9. The highest BCUT2D eigenvalue weighted by Gasteiger charge is 2.41. The van der Waals surface area contributed by atoms with Gasteiger partial charge in [0, 0.05) is 0 Å². The van der Waals surface area contributed by atoms with E-state index in [0.29, 0.717) is 11.4 Å². The molecule has 1 aliphatic rings. The van der Waals surface area contributed by atoms with Gasteiger partial charge in [0.05, 0.1) is 29.3 Å². The number of rotatable bonds is 4. The second-order valence-electron chi connectivity index (χ2n) is 6.48. The molecule has 13 heteroatoms. The number of sulfonamides is 1. The number of hydrogen-bond donors (Lipinski definition) is 2. The fourth-order valence-electron chi connectivity index (χ4n) is 3.04. The van der Waals surface area contributed by atoms with Gasteiger partial charge in [0.25, 0.3) is 10.0 Å². The van der Waals surface area contributed by atoms with Crippen LogP contribution < -0.4 is 10.6 Å². The van der Waals surface area contributed by atoms with E-state index in [1.165, 1.54) is 12.3 Å². The Morgan fingerprint density at radius 1 is 1.35 bits per heavy atom. The smallest absolute Gasteiger partial charge is 0.336 e. The topological polar surface area (TPSA) is 169 Å². The van der Waals surface area contributed by atoms with Gasteiger partial charge in [-0.25, -0.2) is 26.9 Å². The van der Waals surface area contributed by atoms with Gasteiger partial charge >= 0.3 is 6.03 Å². The molecule has 3 amide bonds. The van der Waals surface area contributed by atoms with Crippen molar-refractivity contribution >= 4 is 27.6 Å². The number of carbonyl (C=O) groups is 2. The maximum Gasteiger partial charge on any atom is 0.336 e. The Balaban J connectivity index is 1.85. The standard InChI is InChI=1S/C18H14FN7O4S/c1-9-16(22-7-11(5-20)23-9)10(2)24-15(27)8-26-18(28)25-14-4-3-13(19)12(6-21)17(14)31(26,29)30/h3-4,7,10H,8H2,1-2H3,(H,24,27)(H,25,28)/t10-/m1/s1.